The van der Waals surface area contributed by atoms with Crippen molar-refractivity contribution in [2.24, 2.45) is 5.92 Å². The van der Waals surface area contributed by atoms with Crippen molar-refractivity contribution in [3.05, 3.63) is 59.7 Å². The number of sulfonamides is 1. The van der Waals surface area contributed by atoms with E-state index in [0.717, 1.165) is 12.0 Å². The molecule has 1 unspecified atom stereocenters. The summed E-state index contributed by atoms with van der Waals surface area (Å²) in [4.78, 5) is 14.6. The van der Waals surface area contributed by atoms with Crippen LogP contribution in [-0.2, 0) is 10.0 Å². The zero-order valence-corrected chi connectivity index (χ0v) is 17.4. The van der Waals surface area contributed by atoms with Crippen LogP contribution in [-0.4, -0.2) is 45.5 Å². The second kappa shape index (κ2) is 9.53. The van der Waals surface area contributed by atoms with Gasteiger partial charge in [0, 0.05) is 19.6 Å². The number of hydrogen-bond acceptors (Lipinski definition) is 4. The summed E-state index contributed by atoms with van der Waals surface area (Å²) < 4.78 is 57.3. The molecular formula is C21H24F2N2O4S. The Labute approximate surface area is 174 Å². The van der Waals surface area contributed by atoms with Crippen molar-refractivity contribution in [2.75, 3.05) is 19.6 Å². The van der Waals surface area contributed by atoms with Crippen LogP contribution in [0.25, 0.3) is 0 Å². The summed E-state index contributed by atoms with van der Waals surface area (Å²) in [7, 11) is -3.64. The van der Waals surface area contributed by atoms with E-state index >= 15 is 0 Å². The molecule has 1 saturated heterocycles. The van der Waals surface area contributed by atoms with Gasteiger partial charge >= 0.3 is 6.61 Å². The minimum Gasteiger partial charge on any atom is -0.434 e. The fourth-order valence-corrected chi connectivity index (χ4v) is 4.57. The van der Waals surface area contributed by atoms with Crippen LogP contribution in [0, 0.1) is 12.8 Å². The quantitative estimate of drug-likeness (QED) is 0.719. The van der Waals surface area contributed by atoms with Gasteiger partial charge in [0.2, 0.25) is 10.0 Å². The van der Waals surface area contributed by atoms with Crippen molar-refractivity contribution in [1.29, 1.82) is 0 Å². The molecule has 1 amide bonds. The van der Waals surface area contributed by atoms with Crippen LogP contribution in [0.3, 0.4) is 0 Å². The third-order valence-electron chi connectivity index (χ3n) is 5.03. The molecule has 2 aromatic rings. The third-order valence-corrected chi connectivity index (χ3v) is 6.47. The van der Waals surface area contributed by atoms with E-state index in [2.05, 4.69) is 9.46 Å². The van der Waals surface area contributed by atoms with Gasteiger partial charge in [-0.3, -0.25) is 4.79 Å². The fraction of sp³-hybridized carbons (Fsp3) is 0.381. The van der Waals surface area contributed by atoms with E-state index in [0.29, 0.717) is 19.5 Å². The van der Waals surface area contributed by atoms with Crippen molar-refractivity contribution in [2.45, 2.75) is 31.3 Å². The summed E-state index contributed by atoms with van der Waals surface area (Å²) in [6.07, 6.45) is 1.45. The van der Waals surface area contributed by atoms with Crippen LogP contribution in [0.1, 0.15) is 28.8 Å². The van der Waals surface area contributed by atoms with Gasteiger partial charge in [0.05, 0.1) is 10.5 Å². The lowest BCUT2D eigenvalue weighted by Crippen LogP contribution is -2.43. The molecule has 30 heavy (non-hydrogen) atoms. The number of piperidine rings is 1. The van der Waals surface area contributed by atoms with Gasteiger partial charge in [-0.05, 0) is 49.9 Å². The number of amides is 1. The second-order valence-electron chi connectivity index (χ2n) is 7.30. The Balaban J connectivity index is 1.64. The number of rotatable bonds is 7. The summed E-state index contributed by atoms with van der Waals surface area (Å²) in [5, 5.41) is 0. The molecule has 1 aliphatic heterocycles. The van der Waals surface area contributed by atoms with E-state index in [1.165, 1.54) is 18.2 Å². The summed E-state index contributed by atoms with van der Waals surface area (Å²) in [6.45, 7) is -0.150. The molecule has 1 heterocycles. The summed E-state index contributed by atoms with van der Waals surface area (Å²) in [6, 6.07) is 12.4. The third kappa shape index (κ3) is 5.54. The van der Waals surface area contributed by atoms with E-state index in [1.54, 1.807) is 35.2 Å². The number of para-hydroxylation sites is 1. The predicted molar refractivity (Wildman–Crippen MR) is 108 cm³/mol. The maximum atomic E-state index is 12.9. The minimum absolute atomic E-state index is 0.0682. The highest BCUT2D eigenvalue weighted by molar-refractivity contribution is 7.89. The predicted octanol–water partition coefficient (Wildman–Crippen LogP) is 3.43. The van der Waals surface area contributed by atoms with E-state index < -0.39 is 22.5 Å². The molecule has 9 heteroatoms. The Kier molecular flexibility index (Phi) is 7.04. The second-order valence-corrected chi connectivity index (χ2v) is 9.07. The van der Waals surface area contributed by atoms with Gasteiger partial charge < -0.3 is 9.64 Å². The van der Waals surface area contributed by atoms with Gasteiger partial charge in [-0.1, -0.05) is 29.8 Å². The molecule has 6 nitrogen and oxygen atoms in total. The number of halogens is 2. The van der Waals surface area contributed by atoms with Crippen LogP contribution < -0.4 is 9.46 Å². The largest absolute Gasteiger partial charge is 0.434 e. The first kappa shape index (κ1) is 22.2. The number of hydrogen-bond donors (Lipinski definition) is 1. The lowest BCUT2D eigenvalue weighted by Gasteiger charge is -2.33. The van der Waals surface area contributed by atoms with Crippen LogP contribution in [0.5, 0.6) is 5.75 Å². The van der Waals surface area contributed by atoms with E-state index in [-0.39, 0.29) is 28.7 Å². The number of likely N-dealkylation sites (tertiary alicyclic amines) is 1. The molecule has 0 aromatic heterocycles. The van der Waals surface area contributed by atoms with Gasteiger partial charge in [0.25, 0.3) is 5.91 Å². The SMILES string of the molecule is Cc1ccc(S(=O)(=O)NCC2CCCN(C(=O)c3ccccc3OC(F)F)C2)cc1. The first-order chi connectivity index (χ1) is 14.3. The molecule has 1 fully saturated rings. The van der Waals surface area contributed by atoms with Crippen molar-refractivity contribution in [1.82, 2.24) is 9.62 Å². The Morgan fingerprint density at radius 3 is 2.60 bits per heavy atom. The van der Waals surface area contributed by atoms with Crippen molar-refractivity contribution in [3.63, 3.8) is 0 Å². The number of aryl methyl sites for hydroxylation is 1. The van der Waals surface area contributed by atoms with E-state index in [9.17, 15) is 22.0 Å². The van der Waals surface area contributed by atoms with Crippen molar-refractivity contribution >= 4 is 15.9 Å². The highest BCUT2D eigenvalue weighted by Gasteiger charge is 2.28. The molecule has 0 spiro atoms. The highest BCUT2D eigenvalue weighted by atomic mass is 32.2. The van der Waals surface area contributed by atoms with Crippen molar-refractivity contribution < 1.29 is 26.7 Å². The lowest BCUT2D eigenvalue weighted by atomic mass is 9.97. The monoisotopic (exact) mass is 438 g/mol. The fourth-order valence-electron chi connectivity index (χ4n) is 3.46. The zero-order valence-electron chi connectivity index (χ0n) is 16.6. The Bertz CT molecular complexity index is 981. The maximum absolute atomic E-state index is 12.9. The molecule has 162 valence electrons. The summed E-state index contributed by atoms with van der Waals surface area (Å²) >= 11 is 0. The topological polar surface area (TPSA) is 75.7 Å². The summed E-state index contributed by atoms with van der Waals surface area (Å²) in [5.41, 5.74) is 1.03. The number of carbonyl (C=O) groups excluding carboxylic acids is 1. The van der Waals surface area contributed by atoms with Gasteiger partial charge in [-0.2, -0.15) is 8.78 Å². The van der Waals surface area contributed by atoms with Gasteiger partial charge in [0.15, 0.2) is 0 Å². The first-order valence-electron chi connectivity index (χ1n) is 9.66. The van der Waals surface area contributed by atoms with Gasteiger partial charge in [0.1, 0.15) is 5.75 Å². The Hall–Kier alpha value is -2.52. The van der Waals surface area contributed by atoms with E-state index in [4.69, 9.17) is 0 Å². The molecule has 1 N–H and O–H groups in total. The standard InChI is InChI=1S/C21H24F2N2O4S/c1-15-8-10-17(11-9-15)30(27,28)24-13-16-5-4-12-25(14-16)20(26)18-6-2-3-7-19(18)29-21(22)23/h2-3,6-11,16,21,24H,4-5,12-14H2,1H3. The number of nitrogens with one attached hydrogen (secondary N) is 1. The lowest BCUT2D eigenvalue weighted by molar-refractivity contribution is -0.0503. The van der Waals surface area contributed by atoms with Gasteiger partial charge in [-0.15, -0.1) is 0 Å². The first-order valence-corrected chi connectivity index (χ1v) is 11.1. The number of benzene rings is 2. The highest BCUT2D eigenvalue weighted by Crippen LogP contribution is 2.25. The number of alkyl halides is 2. The van der Waals surface area contributed by atoms with Crippen LogP contribution in [0.15, 0.2) is 53.4 Å². The molecule has 1 atom stereocenters. The molecule has 0 bridgehead atoms. The maximum Gasteiger partial charge on any atom is 0.387 e. The zero-order chi connectivity index (χ0) is 21.7. The molecular weight excluding hydrogens is 414 g/mol. The number of ether oxygens (including phenoxy) is 1. The van der Waals surface area contributed by atoms with Crippen LogP contribution in [0.2, 0.25) is 0 Å². The normalized spacial score (nSPS) is 17.2. The number of nitrogens with zero attached hydrogens (tertiary/aromatic N) is 1. The molecule has 0 saturated carbocycles. The number of carbonyl (C=O) groups is 1. The average Bonchev–Trinajstić information content (AvgIpc) is 2.72. The van der Waals surface area contributed by atoms with Gasteiger partial charge in [-0.25, -0.2) is 13.1 Å². The van der Waals surface area contributed by atoms with Crippen LogP contribution in [0.4, 0.5) is 8.78 Å². The molecule has 1 aliphatic rings. The van der Waals surface area contributed by atoms with Crippen LogP contribution >= 0.6 is 0 Å². The molecule has 0 aliphatic carbocycles. The smallest absolute Gasteiger partial charge is 0.387 e. The van der Waals surface area contributed by atoms with Crippen molar-refractivity contribution in [3.8, 4) is 5.75 Å². The Morgan fingerprint density at radius 2 is 1.90 bits per heavy atom. The van der Waals surface area contributed by atoms with E-state index in [1.807, 2.05) is 6.92 Å². The molecule has 2 aromatic carbocycles. The minimum atomic E-state index is -3.64. The average molecular weight is 438 g/mol. The Morgan fingerprint density at radius 1 is 1.20 bits per heavy atom. The summed E-state index contributed by atoms with van der Waals surface area (Å²) in [5.74, 6) is -0.650. The molecule has 0 radical (unpaired) electrons. The molecule has 3 rings (SSSR count).